The normalized spacial score (nSPS) is 10.7. The number of carbonyl (C=O) groups excluding carboxylic acids is 1. The van der Waals surface area contributed by atoms with Gasteiger partial charge in [0.15, 0.2) is 0 Å². The van der Waals surface area contributed by atoms with Crippen LogP contribution in [0.25, 0.3) is 0 Å². The molecule has 1 aromatic rings. The van der Waals surface area contributed by atoms with Gasteiger partial charge in [-0.05, 0) is 38.5 Å². The lowest BCUT2D eigenvalue weighted by Crippen LogP contribution is -2.43. The Morgan fingerprint density at radius 2 is 2.14 bits per heavy atom. The van der Waals surface area contributed by atoms with E-state index >= 15 is 0 Å². The molecule has 0 heterocycles. The fraction of sp³-hybridized carbons (Fsp3) is 0.471. The van der Waals surface area contributed by atoms with Crippen molar-refractivity contribution in [3.63, 3.8) is 0 Å². The van der Waals surface area contributed by atoms with Crippen LogP contribution in [0.4, 0.5) is 4.39 Å². The summed E-state index contributed by atoms with van der Waals surface area (Å²) in [6, 6.07) is 4.24. The quantitative estimate of drug-likeness (QED) is 0.820. The van der Waals surface area contributed by atoms with E-state index in [2.05, 4.69) is 17.2 Å². The van der Waals surface area contributed by atoms with E-state index < -0.39 is 5.82 Å². The average Bonchev–Trinajstić information content (AvgIpc) is 2.40. The maximum atomic E-state index is 13.9. The highest BCUT2D eigenvalue weighted by Gasteiger charge is 2.20. The summed E-state index contributed by atoms with van der Waals surface area (Å²) in [6.45, 7) is 5.88. The number of rotatable bonds is 5. The van der Waals surface area contributed by atoms with Crippen molar-refractivity contribution < 1.29 is 14.3 Å². The first-order valence-corrected chi connectivity index (χ1v) is 7.11. The number of nitrogens with one attached hydrogen (secondary N) is 1. The predicted octanol–water partition coefficient (Wildman–Crippen LogP) is 2.87. The zero-order valence-electron chi connectivity index (χ0n) is 12.8. The molecule has 0 atom stereocenters. The number of carbonyl (C=O) groups is 1. The Kier molecular flexibility index (Phi) is 6.39. The van der Waals surface area contributed by atoms with Crippen LogP contribution in [0.5, 0.6) is 0 Å². The van der Waals surface area contributed by atoms with E-state index in [0.29, 0.717) is 6.42 Å². The van der Waals surface area contributed by atoms with Gasteiger partial charge in [0.25, 0.3) is 5.91 Å². The third-order valence-corrected chi connectivity index (χ3v) is 3.02. The molecule has 1 amide bonds. The molecule has 3 nitrogen and oxygen atoms in total. The third kappa shape index (κ3) is 5.57. The molecule has 114 valence electrons. The molecule has 0 aliphatic carbocycles. The van der Waals surface area contributed by atoms with Crippen LogP contribution >= 0.6 is 0 Å². The van der Waals surface area contributed by atoms with Crippen LogP contribution < -0.4 is 5.32 Å². The smallest absolute Gasteiger partial charge is 0.251 e. The maximum absolute atomic E-state index is 13.9. The lowest BCUT2D eigenvalue weighted by atomic mass is 9.98. The van der Waals surface area contributed by atoms with Crippen molar-refractivity contribution in [3.05, 3.63) is 35.1 Å². The molecule has 0 saturated heterocycles. The number of aliphatic hydroxyl groups is 1. The Labute approximate surface area is 125 Å². The molecule has 0 spiro atoms. The standard InChI is InChI=1S/C17H22FNO2/c1-4-10-17(2,3)19-16(21)14-9-8-13(15(18)12-14)7-5-6-11-20/h8-9,12,20H,4,6,10-11H2,1-3H3,(H,19,21). The summed E-state index contributed by atoms with van der Waals surface area (Å²) in [5, 5.41) is 11.5. The molecule has 0 bridgehead atoms. The first-order valence-electron chi connectivity index (χ1n) is 7.11. The molecule has 2 N–H and O–H groups in total. The van der Waals surface area contributed by atoms with Gasteiger partial charge in [0.05, 0.1) is 12.2 Å². The van der Waals surface area contributed by atoms with Gasteiger partial charge < -0.3 is 10.4 Å². The van der Waals surface area contributed by atoms with Crippen molar-refractivity contribution in [1.82, 2.24) is 5.32 Å². The van der Waals surface area contributed by atoms with Crippen LogP contribution in [0.1, 0.15) is 56.0 Å². The molecule has 0 radical (unpaired) electrons. The van der Waals surface area contributed by atoms with Gasteiger partial charge in [0.1, 0.15) is 5.82 Å². The molecule has 0 aliphatic rings. The van der Waals surface area contributed by atoms with E-state index in [1.807, 2.05) is 20.8 Å². The Balaban J connectivity index is 2.84. The second-order valence-electron chi connectivity index (χ2n) is 5.56. The largest absolute Gasteiger partial charge is 0.395 e. The Morgan fingerprint density at radius 3 is 2.71 bits per heavy atom. The van der Waals surface area contributed by atoms with Gasteiger partial charge in [-0.1, -0.05) is 25.2 Å². The van der Waals surface area contributed by atoms with Crippen molar-refractivity contribution in [2.75, 3.05) is 6.61 Å². The van der Waals surface area contributed by atoms with E-state index in [-0.39, 0.29) is 29.2 Å². The number of halogens is 1. The Hall–Kier alpha value is -1.86. The molecular weight excluding hydrogens is 269 g/mol. The summed E-state index contributed by atoms with van der Waals surface area (Å²) in [4.78, 5) is 12.1. The van der Waals surface area contributed by atoms with Crippen LogP contribution in [0, 0.1) is 17.7 Å². The maximum Gasteiger partial charge on any atom is 0.251 e. The van der Waals surface area contributed by atoms with E-state index in [9.17, 15) is 9.18 Å². The van der Waals surface area contributed by atoms with Gasteiger partial charge in [-0.15, -0.1) is 0 Å². The number of hydrogen-bond acceptors (Lipinski definition) is 2. The molecule has 1 aromatic carbocycles. The first kappa shape index (κ1) is 17.2. The average molecular weight is 291 g/mol. The fourth-order valence-corrected chi connectivity index (χ4v) is 2.04. The Morgan fingerprint density at radius 1 is 1.43 bits per heavy atom. The van der Waals surface area contributed by atoms with Crippen molar-refractivity contribution in [2.24, 2.45) is 0 Å². The minimum atomic E-state index is -0.526. The van der Waals surface area contributed by atoms with Crippen LogP contribution in [0.2, 0.25) is 0 Å². The fourth-order valence-electron chi connectivity index (χ4n) is 2.04. The molecule has 21 heavy (non-hydrogen) atoms. The van der Waals surface area contributed by atoms with Crippen molar-refractivity contribution in [1.29, 1.82) is 0 Å². The Bertz CT molecular complexity index is 556. The summed E-state index contributed by atoms with van der Waals surface area (Å²) in [5.74, 6) is 4.47. The van der Waals surface area contributed by atoms with Gasteiger partial charge in [-0.3, -0.25) is 4.79 Å². The van der Waals surface area contributed by atoms with Crippen molar-refractivity contribution in [3.8, 4) is 11.8 Å². The van der Waals surface area contributed by atoms with Gasteiger partial charge in [0, 0.05) is 17.5 Å². The lowest BCUT2D eigenvalue weighted by Gasteiger charge is -2.25. The van der Waals surface area contributed by atoms with E-state index in [1.54, 1.807) is 6.07 Å². The molecule has 1 rings (SSSR count). The lowest BCUT2D eigenvalue weighted by molar-refractivity contribution is 0.0908. The van der Waals surface area contributed by atoms with Gasteiger partial charge >= 0.3 is 0 Å². The topological polar surface area (TPSA) is 49.3 Å². The predicted molar refractivity (Wildman–Crippen MR) is 81.4 cm³/mol. The first-order chi connectivity index (χ1) is 9.89. The van der Waals surface area contributed by atoms with E-state index in [1.165, 1.54) is 12.1 Å². The zero-order chi connectivity index (χ0) is 15.9. The summed E-state index contributed by atoms with van der Waals surface area (Å²) in [6.07, 6.45) is 2.11. The SMILES string of the molecule is CCCC(C)(C)NC(=O)c1ccc(C#CCCO)c(F)c1. The molecule has 4 heteroatoms. The second kappa shape index (κ2) is 7.80. The number of benzene rings is 1. The summed E-state index contributed by atoms with van der Waals surface area (Å²) in [7, 11) is 0. The van der Waals surface area contributed by atoms with Gasteiger partial charge in [-0.2, -0.15) is 0 Å². The van der Waals surface area contributed by atoms with Crippen LogP contribution in [0.3, 0.4) is 0 Å². The highest BCUT2D eigenvalue weighted by molar-refractivity contribution is 5.94. The van der Waals surface area contributed by atoms with Crippen molar-refractivity contribution in [2.45, 2.75) is 45.6 Å². The second-order valence-corrected chi connectivity index (χ2v) is 5.56. The zero-order valence-corrected chi connectivity index (χ0v) is 12.8. The van der Waals surface area contributed by atoms with Gasteiger partial charge in [0.2, 0.25) is 0 Å². The van der Waals surface area contributed by atoms with Crippen LogP contribution in [0.15, 0.2) is 18.2 Å². The molecule has 0 aromatic heterocycles. The summed E-state index contributed by atoms with van der Waals surface area (Å²) in [5.41, 5.74) is 0.194. The van der Waals surface area contributed by atoms with E-state index in [4.69, 9.17) is 5.11 Å². The number of amides is 1. The van der Waals surface area contributed by atoms with Crippen molar-refractivity contribution >= 4 is 5.91 Å². The highest BCUT2D eigenvalue weighted by atomic mass is 19.1. The monoisotopic (exact) mass is 291 g/mol. The molecule has 0 aliphatic heterocycles. The van der Waals surface area contributed by atoms with Gasteiger partial charge in [-0.25, -0.2) is 4.39 Å². The molecule has 0 unspecified atom stereocenters. The van der Waals surface area contributed by atoms with Crippen LogP contribution in [-0.2, 0) is 0 Å². The molecule has 0 saturated carbocycles. The number of aliphatic hydroxyl groups excluding tert-OH is 1. The number of hydrogen-bond donors (Lipinski definition) is 2. The minimum absolute atomic E-state index is 0.0539. The van der Waals surface area contributed by atoms with Crippen LogP contribution in [-0.4, -0.2) is 23.2 Å². The highest BCUT2D eigenvalue weighted by Crippen LogP contribution is 2.14. The molecular formula is C17H22FNO2. The summed E-state index contributed by atoms with van der Waals surface area (Å²) >= 11 is 0. The molecule has 0 fully saturated rings. The van der Waals surface area contributed by atoms with E-state index in [0.717, 1.165) is 12.8 Å². The third-order valence-electron chi connectivity index (χ3n) is 3.02. The summed E-state index contributed by atoms with van der Waals surface area (Å²) < 4.78 is 13.9. The minimum Gasteiger partial charge on any atom is -0.395 e.